The lowest BCUT2D eigenvalue weighted by atomic mass is 10.1. The van der Waals surface area contributed by atoms with E-state index in [4.69, 9.17) is 16.3 Å². The van der Waals surface area contributed by atoms with Crippen LogP contribution in [0.25, 0.3) is 0 Å². The van der Waals surface area contributed by atoms with E-state index in [2.05, 4.69) is 0 Å². The average Bonchev–Trinajstić information content (AvgIpc) is 3.22. The Labute approximate surface area is 185 Å². The second-order valence-corrected chi connectivity index (χ2v) is 8.27. The molecule has 1 fully saturated rings. The van der Waals surface area contributed by atoms with Crippen LogP contribution in [0, 0.1) is 0 Å². The summed E-state index contributed by atoms with van der Waals surface area (Å²) in [7, 11) is 0. The topological polar surface area (TPSA) is 49.9 Å². The maximum Gasteiger partial charge on any atom is 0.254 e. The number of benzene rings is 3. The standard InChI is InChI=1S/C25H21ClN2O3/c26-19-12-10-18(11-13-19)24(29)28-16-20-14-22(28)25(30)27(15-17-6-2-1-3-7-17)21-8-4-5-9-23(21)31-20/h1-13,20,22H,14-16H2/t20-,22-/m0/s1. The lowest BCUT2D eigenvalue weighted by Gasteiger charge is -2.32. The molecule has 6 heteroatoms. The van der Waals surface area contributed by atoms with E-state index in [1.807, 2.05) is 54.6 Å². The second-order valence-electron chi connectivity index (χ2n) is 7.83. The van der Waals surface area contributed by atoms with Crippen LogP contribution in [0.2, 0.25) is 5.02 Å². The monoisotopic (exact) mass is 432 g/mol. The minimum absolute atomic E-state index is 0.0931. The van der Waals surface area contributed by atoms with Gasteiger partial charge in [0.15, 0.2) is 0 Å². The number of carbonyl (C=O) groups is 2. The molecule has 2 amide bonds. The zero-order valence-corrected chi connectivity index (χ0v) is 17.5. The molecule has 3 aromatic carbocycles. The van der Waals surface area contributed by atoms with Gasteiger partial charge in [-0.15, -0.1) is 0 Å². The number of amides is 2. The van der Waals surface area contributed by atoms with Crippen LogP contribution in [0.1, 0.15) is 22.3 Å². The largest absolute Gasteiger partial charge is 0.486 e. The molecule has 0 aliphatic carbocycles. The molecule has 0 spiro atoms. The van der Waals surface area contributed by atoms with Crippen LogP contribution in [0.15, 0.2) is 78.9 Å². The number of hydrogen-bond acceptors (Lipinski definition) is 3. The second kappa shape index (κ2) is 8.08. The molecule has 2 bridgehead atoms. The molecule has 5 rings (SSSR count). The number of nitrogens with zero attached hydrogens (tertiary/aromatic N) is 2. The molecular weight excluding hydrogens is 412 g/mol. The summed E-state index contributed by atoms with van der Waals surface area (Å²) in [5, 5.41) is 0.564. The molecule has 0 saturated carbocycles. The van der Waals surface area contributed by atoms with Gasteiger partial charge in [-0.2, -0.15) is 0 Å². The highest BCUT2D eigenvalue weighted by atomic mass is 35.5. The number of ether oxygens (including phenoxy) is 1. The first-order valence-electron chi connectivity index (χ1n) is 10.3. The van der Waals surface area contributed by atoms with Crippen molar-refractivity contribution in [1.29, 1.82) is 0 Å². The summed E-state index contributed by atoms with van der Waals surface area (Å²) in [4.78, 5) is 30.4. The van der Waals surface area contributed by atoms with E-state index >= 15 is 0 Å². The van der Waals surface area contributed by atoms with Crippen molar-refractivity contribution in [3.8, 4) is 5.75 Å². The zero-order valence-electron chi connectivity index (χ0n) is 16.8. The molecule has 31 heavy (non-hydrogen) atoms. The Balaban J connectivity index is 1.52. The summed E-state index contributed by atoms with van der Waals surface area (Å²) < 4.78 is 6.27. The van der Waals surface area contributed by atoms with Gasteiger partial charge in [-0.05, 0) is 42.0 Å². The molecule has 156 valence electrons. The zero-order chi connectivity index (χ0) is 21.4. The third-order valence-electron chi connectivity index (χ3n) is 5.80. The Hall–Kier alpha value is -3.31. The van der Waals surface area contributed by atoms with Crippen LogP contribution in [0.5, 0.6) is 5.75 Å². The van der Waals surface area contributed by atoms with Crippen molar-refractivity contribution in [1.82, 2.24) is 4.90 Å². The van der Waals surface area contributed by atoms with Crippen molar-refractivity contribution < 1.29 is 14.3 Å². The van der Waals surface area contributed by atoms with Crippen LogP contribution in [-0.4, -0.2) is 35.4 Å². The molecule has 1 saturated heterocycles. The predicted molar refractivity (Wildman–Crippen MR) is 119 cm³/mol. The molecule has 0 N–H and O–H groups in total. The summed E-state index contributed by atoms with van der Waals surface area (Å²) in [6.07, 6.45) is 0.239. The minimum atomic E-state index is -0.578. The number of hydrogen-bond donors (Lipinski definition) is 0. The summed E-state index contributed by atoms with van der Waals surface area (Å²) >= 11 is 5.97. The summed E-state index contributed by atoms with van der Waals surface area (Å²) in [6.45, 7) is 0.773. The molecule has 2 atom stereocenters. The summed E-state index contributed by atoms with van der Waals surface area (Å²) in [5.41, 5.74) is 2.25. The smallest absolute Gasteiger partial charge is 0.254 e. The van der Waals surface area contributed by atoms with E-state index in [0.717, 1.165) is 11.3 Å². The van der Waals surface area contributed by atoms with Crippen LogP contribution < -0.4 is 9.64 Å². The fraction of sp³-hybridized carbons (Fsp3) is 0.200. The fourth-order valence-electron chi connectivity index (χ4n) is 4.29. The molecule has 2 aliphatic heterocycles. The van der Waals surface area contributed by atoms with Gasteiger partial charge in [0, 0.05) is 17.0 Å². The molecule has 0 radical (unpaired) electrons. The van der Waals surface area contributed by atoms with Gasteiger partial charge in [0.1, 0.15) is 17.9 Å². The quantitative estimate of drug-likeness (QED) is 0.610. The van der Waals surface area contributed by atoms with E-state index in [9.17, 15) is 9.59 Å². The molecule has 5 nitrogen and oxygen atoms in total. The SMILES string of the molecule is O=C1[C@@H]2C[C@@H](CN2C(=O)c2ccc(Cl)cc2)Oc2ccccc2N1Cc1ccccc1. The Morgan fingerprint density at radius 2 is 1.68 bits per heavy atom. The predicted octanol–water partition coefficient (Wildman–Crippen LogP) is 4.55. The van der Waals surface area contributed by atoms with E-state index < -0.39 is 6.04 Å². The molecule has 3 aromatic rings. The van der Waals surface area contributed by atoms with Crippen molar-refractivity contribution in [3.05, 3.63) is 95.0 Å². The Morgan fingerprint density at radius 3 is 2.45 bits per heavy atom. The lowest BCUT2D eigenvalue weighted by Crippen LogP contribution is -2.47. The van der Waals surface area contributed by atoms with Crippen LogP contribution in [-0.2, 0) is 11.3 Å². The molecule has 0 unspecified atom stereocenters. The minimum Gasteiger partial charge on any atom is -0.486 e. The average molecular weight is 433 g/mol. The normalized spacial score (nSPS) is 20.0. The van der Waals surface area contributed by atoms with Crippen molar-refractivity contribution in [2.45, 2.75) is 25.1 Å². The van der Waals surface area contributed by atoms with Crippen molar-refractivity contribution >= 4 is 29.1 Å². The van der Waals surface area contributed by atoms with Gasteiger partial charge in [-0.3, -0.25) is 9.59 Å². The van der Waals surface area contributed by atoms with Gasteiger partial charge in [0.25, 0.3) is 5.91 Å². The highest BCUT2D eigenvalue weighted by Crippen LogP contribution is 2.37. The Kier molecular flexibility index (Phi) is 5.12. The number of para-hydroxylation sites is 2. The van der Waals surface area contributed by atoms with Gasteiger partial charge in [0.05, 0.1) is 18.8 Å². The molecule has 0 aromatic heterocycles. The number of halogens is 1. The number of likely N-dealkylation sites (tertiary alicyclic amines) is 1. The van der Waals surface area contributed by atoms with Crippen molar-refractivity contribution in [2.24, 2.45) is 0 Å². The number of rotatable bonds is 3. The van der Waals surface area contributed by atoms with E-state index in [1.54, 1.807) is 34.1 Å². The number of fused-ring (bicyclic) bond motifs is 3. The number of anilines is 1. The lowest BCUT2D eigenvalue weighted by molar-refractivity contribution is -0.122. The van der Waals surface area contributed by atoms with Crippen LogP contribution >= 0.6 is 11.6 Å². The maximum absolute atomic E-state index is 13.8. The third kappa shape index (κ3) is 3.77. The first kappa shape index (κ1) is 19.6. The van der Waals surface area contributed by atoms with Gasteiger partial charge < -0.3 is 14.5 Å². The van der Waals surface area contributed by atoms with Gasteiger partial charge in [-0.1, -0.05) is 54.1 Å². The maximum atomic E-state index is 13.8. The summed E-state index contributed by atoms with van der Waals surface area (Å²) in [6, 6.07) is 23.6. The number of carbonyl (C=O) groups excluding carboxylic acids is 2. The van der Waals surface area contributed by atoms with E-state index in [0.29, 0.717) is 35.8 Å². The molecule has 2 aliphatic rings. The highest BCUT2D eigenvalue weighted by Gasteiger charge is 2.45. The Bertz CT molecular complexity index is 1120. The first-order valence-corrected chi connectivity index (χ1v) is 10.7. The summed E-state index contributed by atoms with van der Waals surface area (Å²) in [5.74, 6) is 0.382. The molecule has 2 heterocycles. The first-order chi connectivity index (χ1) is 15.1. The highest BCUT2D eigenvalue weighted by molar-refractivity contribution is 6.30. The van der Waals surface area contributed by atoms with Gasteiger partial charge in [-0.25, -0.2) is 0 Å². The van der Waals surface area contributed by atoms with Crippen LogP contribution in [0.4, 0.5) is 5.69 Å². The Morgan fingerprint density at radius 1 is 0.968 bits per heavy atom. The fourth-order valence-corrected chi connectivity index (χ4v) is 4.41. The molecular formula is C25H21ClN2O3. The van der Waals surface area contributed by atoms with Crippen molar-refractivity contribution in [3.63, 3.8) is 0 Å². The van der Waals surface area contributed by atoms with E-state index in [-0.39, 0.29) is 17.9 Å². The van der Waals surface area contributed by atoms with Gasteiger partial charge >= 0.3 is 0 Å². The van der Waals surface area contributed by atoms with Crippen molar-refractivity contribution in [2.75, 3.05) is 11.4 Å². The van der Waals surface area contributed by atoms with Gasteiger partial charge in [0.2, 0.25) is 5.91 Å². The third-order valence-corrected chi connectivity index (χ3v) is 6.05. The van der Waals surface area contributed by atoms with E-state index in [1.165, 1.54) is 0 Å². The van der Waals surface area contributed by atoms with Crippen LogP contribution in [0.3, 0.4) is 0 Å².